The lowest BCUT2D eigenvalue weighted by Gasteiger charge is -2.27. The van der Waals surface area contributed by atoms with E-state index in [4.69, 9.17) is 0 Å². The molecule has 19 heavy (non-hydrogen) atoms. The maximum Gasteiger partial charge on any atom is 0.237 e. The van der Waals surface area contributed by atoms with Crippen molar-refractivity contribution in [2.45, 2.75) is 59.2 Å². The van der Waals surface area contributed by atoms with Gasteiger partial charge >= 0.3 is 0 Å². The van der Waals surface area contributed by atoms with Gasteiger partial charge in [0.2, 0.25) is 5.91 Å². The normalized spacial score (nSPS) is 13.1. The van der Waals surface area contributed by atoms with Gasteiger partial charge in [-0.25, -0.2) is 0 Å². The van der Waals surface area contributed by atoms with Crippen LogP contribution in [0.1, 0.15) is 45.2 Å². The van der Waals surface area contributed by atoms with Crippen LogP contribution in [0, 0.1) is 6.92 Å². The first-order valence-electron chi connectivity index (χ1n) is 6.95. The SMILES string of the molecule is CCC(C)(C)NC(=O)C(C)NCc1ccccc1C. The molecule has 1 unspecified atom stereocenters. The van der Waals surface area contributed by atoms with E-state index in [1.165, 1.54) is 11.1 Å². The summed E-state index contributed by atoms with van der Waals surface area (Å²) in [7, 11) is 0. The van der Waals surface area contributed by atoms with Gasteiger partial charge in [0.25, 0.3) is 0 Å². The van der Waals surface area contributed by atoms with Gasteiger partial charge in [-0.15, -0.1) is 0 Å². The molecule has 0 saturated carbocycles. The molecule has 106 valence electrons. The van der Waals surface area contributed by atoms with Gasteiger partial charge in [-0.2, -0.15) is 0 Å². The van der Waals surface area contributed by atoms with Crippen LogP contribution in [0.25, 0.3) is 0 Å². The summed E-state index contributed by atoms with van der Waals surface area (Å²) in [5, 5.41) is 6.33. The van der Waals surface area contributed by atoms with Crippen LogP contribution in [0.4, 0.5) is 0 Å². The van der Waals surface area contributed by atoms with Gasteiger partial charge in [0.1, 0.15) is 0 Å². The van der Waals surface area contributed by atoms with E-state index in [2.05, 4.69) is 36.6 Å². The number of nitrogens with one attached hydrogen (secondary N) is 2. The van der Waals surface area contributed by atoms with Crippen LogP contribution in [0.15, 0.2) is 24.3 Å². The maximum atomic E-state index is 12.1. The summed E-state index contributed by atoms with van der Waals surface area (Å²) in [6.45, 7) is 10.9. The molecule has 0 saturated heterocycles. The zero-order chi connectivity index (χ0) is 14.5. The van der Waals surface area contributed by atoms with E-state index >= 15 is 0 Å². The Morgan fingerprint density at radius 3 is 2.53 bits per heavy atom. The number of hydrogen-bond acceptors (Lipinski definition) is 2. The van der Waals surface area contributed by atoms with Gasteiger partial charge in [0.15, 0.2) is 0 Å². The molecule has 0 fully saturated rings. The summed E-state index contributed by atoms with van der Waals surface area (Å²) in [4.78, 5) is 12.1. The Hall–Kier alpha value is -1.35. The highest BCUT2D eigenvalue weighted by atomic mass is 16.2. The van der Waals surface area contributed by atoms with E-state index in [-0.39, 0.29) is 17.5 Å². The molecule has 0 aliphatic heterocycles. The summed E-state index contributed by atoms with van der Waals surface area (Å²) >= 11 is 0. The molecule has 1 rings (SSSR count). The lowest BCUT2D eigenvalue weighted by Crippen LogP contribution is -2.50. The summed E-state index contributed by atoms with van der Waals surface area (Å²) in [6, 6.07) is 8.03. The van der Waals surface area contributed by atoms with Crippen molar-refractivity contribution in [3.8, 4) is 0 Å². The van der Waals surface area contributed by atoms with Crippen molar-refractivity contribution in [1.29, 1.82) is 0 Å². The van der Waals surface area contributed by atoms with E-state index in [0.29, 0.717) is 6.54 Å². The fourth-order valence-electron chi connectivity index (χ4n) is 1.69. The summed E-state index contributed by atoms with van der Waals surface area (Å²) in [5.74, 6) is 0.0560. The fourth-order valence-corrected chi connectivity index (χ4v) is 1.69. The molecule has 1 atom stereocenters. The third-order valence-corrected chi connectivity index (χ3v) is 3.60. The van der Waals surface area contributed by atoms with Crippen LogP contribution in [0.5, 0.6) is 0 Å². The molecule has 0 spiro atoms. The zero-order valence-electron chi connectivity index (χ0n) is 12.7. The summed E-state index contributed by atoms with van der Waals surface area (Å²) < 4.78 is 0. The Bertz CT molecular complexity index is 427. The number of hydrogen-bond donors (Lipinski definition) is 2. The largest absolute Gasteiger partial charge is 0.350 e. The zero-order valence-corrected chi connectivity index (χ0v) is 12.7. The average molecular weight is 262 g/mol. The number of carbonyl (C=O) groups is 1. The Balaban J connectivity index is 2.50. The number of benzene rings is 1. The predicted octanol–water partition coefficient (Wildman–Crippen LogP) is 2.78. The molecule has 1 amide bonds. The molecule has 0 aromatic heterocycles. The summed E-state index contributed by atoms with van der Waals surface area (Å²) in [5.41, 5.74) is 2.34. The Morgan fingerprint density at radius 2 is 1.95 bits per heavy atom. The van der Waals surface area contributed by atoms with Gasteiger partial charge in [0, 0.05) is 12.1 Å². The second-order valence-electron chi connectivity index (χ2n) is 5.76. The van der Waals surface area contributed by atoms with Gasteiger partial charge in [-0.05, 0) is 45.2 Å². The van der Waals surface area contributed by atoms with Crippen LogP contribution in [0.3, 0.4) is 0 Å². The lowest BCUT2D eigenvalue weighted by molar-refractivity contribution is -0.124. The Labute approximate surface area is 116 Å². The average Bonchev–Trinajstić information content (AvgIpc) is 2.37. The molecular weight excluding hydrogens is 236 g/mol. The highest BCUT2D eigenvalue weighted by molar-refractivity contribution is 5.81. The van der Waals surface area contributed by atoms with Crippen molar-refractivity contribution in [3.05, 3.63) is 35.4 Å². The molecule has 0 aliphatic carbocycles. The van der Waals surface area contributed by atoms with Crippen LogP contribution in [-0.4, -0.2) is 17.5 Å². The van der Waals surface area contributed by atoms with E-state index in [9.17, 15) is 4.79 Å². The topological polar surface area (TPSA) is 41.1 Å². The molecule has 1 aromatic rings. The molecule has 0 aliphatic rings. The third-order valence-electron chi connectivity index (χ3n) is 3.60. The highest BCUT2D eigenvalue weighted by Gasteiger charge is 2.21. The molecule has 3 heteroatoms. The highest BCUT2D eigenvalue weighted by Crippen LogP contribution is 2.08. The number of rotatable bonds is 6. The fraction of sp³-hybridized carbons (Fsp3) is 0.562. The molecule has 1 aromatic carbocycles. The molecule has 3 nitrogen and oxygen atoms in total. The molecule has 0 radical (unpaired) electrons. The molecule has 2 N–H and O–H groups in total. The van der Waals surface area contributed by atoms with Gasteiger partial charge in [0.05, 0.1) is 6.04 Å². The molecular formula is C16H26N2O. The van der Waals surface area contributed by atoms with Crippen molar-refractivity contribution in [2.75, 3.05) is 0 Å². The second-order valence-corrected chi connectivity index (χ2v) is 5.76. The molecule has 0 bridgehead atoms. The first-order valence-corrected chi connectivity index (χ1v) is 6.95. The van der Waals surface area contributed by atoms with Crippen molar-refractivity contribution in [1.82, 2.24) is 10.6 Å². The van der Waals surface area contributed by atoms with Crippen molar-refractivity contribution < 1.29 is 4.79 Å². The quantitative estimate of drug-likeness (QED) is 0.827. The molecule has 0 heterocycles. The van der Waals surface area contributed by atoms with E-state index < -0.39 is 0 Å². The standard InChI is InChI=1S/C16H26N2O/c1-6-16(4,5)18-15(19)13(3)17-11-14-10-8-7-9-12(14)2/h7-10,13,17H,6,11H2,1-5H3,(H,18,19). The van der Waals surface area contributed by atoms with Crippen LogP contribution in [-0.2, 0) is 11.3 Å². The predicted molar refractivity (Wildman–Crippen MR) is 80.0 cm³/mol. The lowest BCUT2D eigenvalue weighted by atomic mass is 10.0. The van der Waals surface area contributed by atoms with Gasteiger partial charge in [-0.3, -0.25) is 4.79 Å². The minimum absolute atomic E-state index is 0.0560. The Morgan fingerprint density at radius 1 is 1.32 bits per heavy atom. The third kappa shape index (κ3) is 5.03. The van der Waals surface area contributed by atoms with Crippen molar-refractivity contribution >= 4 is 5.91 Å². The monoisotopic (exact) mass is 262 g/mol. The summed E-state index contributed by atoms with van der Waals surface area (Å²) in [6.07, 6.45) is 0.920. The van der Waals surface area contributed by atoms with Gasteiger partial charge < -0.3 is 10.6 Å². The maximum absolute atomic E-state index is 12.1. The van der Waals surface area contributed by atoms with Crippen molar-refractivity contribution in [3.63, 3.8) is 0 Å². The number of amides is 1. The number of aryl methyl sites for hydroxylation is 1. The van der Waals surface area contributed by atoms with E-state index in [1.54, 1.807) is 0 Å². The first-order chi connectivity index (χ1) is 8.85. The minimum Gasteiger partial charge on any atom is -0.350 e. The second kappa shape index (κ2) is 6.71. The van der Waals surface area contributed by atoms with E-state index in [0.717, 1.165) is 6.42 Å². The Kier molecular flexibility index (Phi) is 5.55. The number of carbonyl (C=O) groups excluding carboxylic acids is 1. The van der Waals surface area contributed by atoms with Crippen LogP contribution < -0.4 is 10.6 Å². The van der Waals surface area contributed by atoms with Crippen LogP contribution in [0.2, 0.25) is 0 Å². The first kappa shape index (κ1) is 15.7. The van der Waals surface area contributed by atoms with Crippen molar-refractivity contribution in [2.24, 2.45) is 0 Å². The van der Waals surface area contributed by atoms with Gasteiger partial charge in [-0.1, -0.05) is 31.2 Å². The van der Waals surface area contributed by atoms with Crippen LogP contribution >= 0.6 is 0 Å². The smallest absolute Gasteiger partial charge is 0.237 e. The minimum atomic E-state index is -0.189. The van der Waals surface area contributed by atoms with E-state index in [1.807, 2.05) is 32.9 Å².